The van der Waals surface area contributed by atoms with Crippen molar-refractivity contribution >= 4 is 0 Å². The zero-order valence-corrected chi connectivity index (χ0v) is 12.8. The molecule has 0 spiro atoms. The van der Waals surface area contributed by atoms with Crippen LogP contribution in [-0.2, 0) is 0 Å². The Balaban J connectivity index is 2.03. The fourth-order valence-electron chi connectivity index (χ4n) is 2.45. The number of nitrogens with one attached hydrogen (secondary N) is 1. The molecule has 1 fully saturated rings. The second kappa shape index (κ2) is 6.53. The molecule has 1 aliphatic carbocycles. The lowest BCUT2D eigenvalue weighted by molar-refractivity contribution is 0.288. The molecule has 1 aliphatic rings. The van der Waals surface area contributed by atoms with Crippen molar-refractivity contribution in [3.63, 3.8) is 0 Å². The van der Waals surface area contributed by atoms with Gasteiger partial charge in [-0.2, -0.15) is 0 Å². The number of hydrogen-bond donors (Lipinski definition) is 1. The van der Waals surface area contributed by atoms with Crippen LogP contribution in [0.15, 0.2) is 24.3 Å². The summed E-state index contributed by atoms with van der Waals surface area (Å²) in [5.74, 6) is 0.663. The second-order valence-corrected chi connectivity index (χ2v) is 6.14. The summed E-state index contributed by atoms with van der Waals surface area (Å²) >= 11 is 0. The van der Waals surface area contributed by atoms with Gasteiger partial charge in [0.15, 0.2) is 0 Å². The summed E-state index contributed by atoms with van der Waals surface area (Å²) in [5.41, 5.74) is 2.88. The van der Waals surface area contributed by atoms with E-state index in [1.807, 2.05) is 0 Å². The van der Waals surface area contributed by atoms with Crippen LogP contribution in [0.5, 0.6) is 0 Å². The van der Waals surface area contributed by atoms with Gasteiger partial charge in [-0.1, -0.05) is 38.1 Å². The molecule has 0 amide bonds. The van der Waals surface area contributed by atoms with E-state index < -0.39 is 0 Å². The highest BCUT2D eigenvalue weighted by molar-refractivity contribution is 5.27. The summed E-state index contributed by atoms with van der Waals surface area (Å²) in [6.07, 6.45) is 3.92. The van der Waals surface area contributed by atoms with Crippen molar-refractivity contribution in [1.82, 2.24) is 10.2 Å². The maximum atomic E-state index is 3.64. The van der Waals surface area contributed by atoms with E-state index in [9.17, 15) is 0 Å². The van der Waals surface area contributed by atoms with Gasteiger partial charge in [0, 0.05) is 18.6 Å². The van der Waals surface area contributed by atoms with Gasteiger partial charge in [0.2, 0.25) is 0 Å². The minimum Gasteiger partial charge on any atom is -0.312 e. The fraction of sp³-hybridized carbons (Fsp3) is 0.647. The molecule has 106 valence electrons. The smallest absolute Gasteiger partial charge is 0.0466 e. The van der Waals surface area contributed by atoms with E-state index in [0.717, 1.165) is 12.6 Å². The van der Waals surface area contributed by atoms with Crippen molar-refractivity contribution < 1.29 is 0 Å². The van der Waals surface area contributed by atoms with Crippen molar-refractivity contribution in [2.75, 3.05) is 20.6 Å². The number of nitrogens with zero attached hydrogens (tertiary/aromatic N) is 1. The zero-order valence-electron chi connectivity index (χ0n) is 12.8. The van der Waals surface area contributed by atoms with Crippen molar-refractivity contribution in [3.05, 3.63) is 35.4 Å². The number of likely N-dealkylation sites (N-methyl/N-ethyl adjacent to an activating group) is 1. The quantitative estimate of drug-likeness (QED) is 0.806. The lowest BCUT2D eigenvalue weighted by atomic mass is 9.96. The normalized spacial score (nSPS) is 18.6. The van der Waals surface area contributed by atoms with Crippen LogP contribution in [0.3, 0.4) is 0 Å². The van der Waals surface area contributed by atoms with Crippen LogP contribution in [0.1, 0.15) is 56.2 Å². The van der Waals surface area contributed by atoms with Gasteiger partial charge < -0.3 is 10.2 Å². The average Bonchev–Trinajstić information content (AvgIpc) is 3.22. The summed E-state index contributed by atoms with van der Waals surface area (Å²) < 4.78 is 0. The van der Waals surface area contributed by atoms with E-state index in [1.54, 1.807) is 0 Å². The molecule has 0 bridgehead atoms. The van der Waals surface area contributed by atoms with Gasteiger partial charge in [-0.05, 0) is 50.4 Å². The van der Waals surface area contributed by atoms with Crippen LogP contribution in [0.2, 0.25) is 0 Å². The van der Waals surface area contributed by atoms with Crippen LogP contribution >= 0.6 is 0 Å². The van der Waals surface area contributed by atoms with E-state index in [1.165, 1.54) is 30.4 Å². The van der Waals surface area contributed by atoms with Crippen LogP contribution in [0.25, 0.3) is 0 Å². The largest absolute Gasteiger partial charge is 0.312 e. The summed E-state index contributed by atoms with van der Waals surface area (Å²) in [4.78, 5) is 2.31. The first-order valence-electron chi connectivity index (χ1n) is 7.61. The number of hydrogen-bond acceptors (Lipinski definition) is 2. The molecule has 0 heterocycles. The lowest BCUT2D eigenvalue weighted by Crippen LogP contribution is -2.32. The van der Waals surface area contributed by atoms with E-state index in [4.69, 9.17) is 0 Å². The molecule has 0 saturated heterocycles. The Labute approximate surface area is 118 Å². The lowest BCUT2D eigenvalue weighted by Gasteiger charge is -2.25. The van der Waals surface area contributed by atoms with Gasteiger partial charge in [-0.3, -0.25) is 0 Å². The van der Waals surface area contributed by atoms with Crippen LogP contribution in [-0.4, -0.2) is 31.6 Å². The standard InChI is InChI=1S/C17H28N2/c1-5-13(2)14-6-8-15(9-7-14)17(19(3)4)12-18-16-10-11-16/h6-9,13,16-18H,5,10-12H2,1-4H3. The summed E-state index contributed by atoms with van der Waals surface area (Å²) in [7, 11) is 4.34. The summed E-state index contributed by atoms with van der Waals surface area (Å²) in [6, 6.07) is 10.5. The molecular weight excluding hydrogens is 232 g/mol. The van der Waals surface area contributed by atoms with Gasteiger partial charge in [0.1, 0.15) is 0 Å². The molecular formula is C17H28N2. The highest BCUT2D eigenvalue weighted by atomic mass is 15.1. The third-order valence-corrected chi connectivity index (χ3v) is 4.30. The molecule has 19 heavy (non-hydrogen) atoms. The van der Waals surface area contributed by atoms with Gasteiger partial charge >= 0.3 is 0 Å². The third-order valence-electron chi connectivity index (χ3n) is 4.30. The van der Waals surface area contributed by atoms with Crippen molar-refractivity contribution in [1.29, 1.82) is 0 Å². The molecule has 2 nitrogen and oxygen atoms in total. The SMILES string of the molecule is CCC(C)c1ccc(C(CNC2CC2)N(C)C)cc1. The van der Waals surface area contributed by atoms with Crippen LogP contribution in [0, 0.1) is 0 Å². The molecule has 2 rings (SSSR count). The highest BCUT2D eigenvalue weighted by Gasteiger charge is 2.23. The minimum absolute atomic E-state index is 0.478. The van der Waals surface area contributed by atoms with Crippen molar-refractivity contribution in [3.8, 4) is 0 Å². The van der Waals surface area contributed by atoms with Gasteiger partial charge in [0.05, 0.1) is 0 Å². The predicted octanol–water partition coefficient (Wildman–Crippen LogP) is 3.55. The molecule has 1 N–H and O–H groups in total. The highest BCUT2D eigenvalue weighted by Crippen LogP contribution is 2.25. The first kappa shape index (κ1) is 14.5. The molecule has 1 saturated carbocycles. The van der Waals surface area contributed by atoms with Crippen LogP contribution < -0.4 is 5.32 Å². The first-order valence-corrected chi connectivity index (χ1v) is 7.61. The summed E-state index contributed by atoms with van der Waals surface area (Å²) in [5, 5.41) is 3.64. The molecule has 0 aliphatic heterocycles. The molecule has 1 aromatic carbocycles. The molecule has 0 radical (unpaired) electrons. The van der Waals surface area contributed by atoms with E-state index in [0.29, 0.717) is 12.0 Å². The van der Waals surface area contributed by atoms with E-state index in [-0.39, 0.29) is 0 Å². The molecule has 2 atom stereocenters. The molecule has 1 aromatic rings. The topological polar surface area (TPSA) is 15.3 Å². The Bertz CT molecular complexity index is 379. The number of rotatable bonds is 7. The van der Waals surface area contributed by atoms with E-state index in [2.05, 4.69) is 62.4 Å². The first-order chi connectivity index (χ1) is 9.11. The number of benzene rings is 1. The predicted molar refractivity (Wildman–Crippen MR) is 82.6 cm³/mol. The fourth-order valence-corrected chi connectivity index (χ4v) is 2.45. The second-order valence-electron chi connectivity index (χ2n) is 6.14. The Kier molecular flexibility index (Phi) is 5.00. The van der Waals surface area contributed by atoms with Crippen molar-refractivity contribution in [2.24, 2.45) is 0 Å². The van der Waals surface area contributed by atoms with Gasteiger partial charge in [-0.15, -0.1) is 0 Å². The van der Waals surface area contributed by atoms with Crippen molar-refractivity contribution in [2.45, 2.75) is 51.1 Å². The third kappa shape index (κ3) is 4.05. The maximum Gasteiger partial charge on any atom is 0.0466 e. The van der Waals surface area contributed by atoms with Crippen LogP contribution in [0.4, 0.5) is 0 Å². The Hall–Kier alpha value is -0.860. The minimum atomic E-state index is 0.478. The zero-order chi connectivity index (χ0) is 13.8. The molecule has 0 aromatic heterocycles. The monoisotopic (exact) mass is 260 g/mol. The molecule has 2 heteroatoms. The van der Waals surface area contributed by atoms with E-state index >= 15 is 0 Å². The average molecular weight is 260 g/mol. The maximum absolute atomic E-state index is 3.64. The Morgan fingerprint density at radius 3 is 2.21 bits per heavy atom. The Morgan fingerprint density at radius 2 is 1.74 bits per heavy atom. The Morgan fingerprint density at radius 1 is 1.16 bits per heavy atom. The summed E-state index contributed by atoms with van der Waals surface area (Å²) in [6.45, 7) is 5.61. The van der Waals surface area contributed by atoms with Gasteiger partial charge in [0.25, 0.3) is 0 Å². The molecule has 2 unspecified atom stereocenters. The van der Waals surface area contributed by atoms with Gasteiger partial charge in [-0.25, -0.2) is 0 Å².